The minimum atomic E-state index is -3.81. The number of carbonyl (C=O) groups is 1. The molecule has 0 aliphatic carbocycles. The molecule has 1 amide bonds. The summed E-state index contributed by atoms with van der Waals surface area (Å²) < 4.78 is 38.8. The first-order valence-corrected chi connectivity index (χ1v) is 7.43. The molecule has 0 aromatic heterocycles. The van der Waals surface area contributed by atoms with Gasteiger partial charge in [0.15, 0.2) is 0 Å². The maximum atomic E-state index is 12.8. The molecule has 0 bridgehead atoms. The third-order valence-electron chi connectivity index (χ3n) is 3.20. The number of amides is 1. The van der Waals surface area contributed by atoms with E-state index in [0.717, 1.165) is 22.9 Å². The lowest BCUT2D eigenvalue weighted by molar-refractivity contribution is -0.122. The van der Waals surface area contributed by atoms with Crippen LogP contribution in [0.15, 0.2) is 29.2 Å². The number of sulfonamides is 1. The molecule has 0 spiro atoms. The molecule has 2 N–H and O–H groups in total. The van der Waals surface area contributed by atoms with Gasteiger partial charge in [0.05, 0.1) is 4.90 Å². The summed E-state index contributed by atoms with van der Waals surface area (Å²) in [4.78, 5) is 11.3. The van der Waals surface area contributed by atoms with Crippen molar-refractivity contribution in [2.24, 2.45) is 5.73 Å². The zero-order valence-corrected chi connectivity index (χ0v) is 11.1. The Morgan fingerprint density at radius 2 is 1.89 bits per heavy atom. The van der Waals surface area contributed by atoms with Crippen molar-refractivity contribution in [1.82, 2.24) is 4.31 Å². The summed E-state index contributed by atoms with van der Waals surface area (Å²) in [5, 5.41) is 0. The van der Waals surface area contributed by atoms with Crippen LogP contribution in [0.25, 0.3) is 0 Å². The first-order chi connectivity index (χ1) is 8.93. The van der Waals surface area contributed by atoms with Gasteiger partial charge in [-0.25, -0.2) is 12.8 Å². The highest BCUT2D eigenvalue weighted by Crippen LogP contribution is 2.25. The summed E-state index contributed by atoms with van der Waals surface area (Å²) in [7, 11) is -3.81. The quantitative estimate of drug-likeness (QED) is 0.894. The third-order valence-corrected chi connectivity index (χ3v) is 5.12. The van der Waals surface area contributed by atoms with E-state index in [4.69, 9.17) is 5.73 Å². The van der Waals surface area contributed by atoms with Gasteiger partial charge in [0.25, 0.3) is 0 Å². The third kappa shape index (κ3) is 2.76. The molecule has 1 atom stereocenters. The molecule has 1 heterocycles. The van der Waals surface area contributed by atoms with E-state index in [-0.39, 0.29) is 11.4 Å². The number of hydrogen-bond acceptors (Lipinski definition) is 3. The van der Waals surface area contributed by atoms with Crippen molar-refractivity contribution in [2.45, 2.75) is 30.2 Å². The fourth-order valence-electron chi connectivity index (χ4n) is 2.22. The number of carbonyl (C=O) groups excluding carboxylic acids is 1. The maximum Gasteiger partial charge on any atom is 0.243 e. The summed E-state index contributed by atoms with van der Waals surface area (Å²) in [5.41, 5.74) is 5.25. The van der Waals surface area contributed by atoms with Gasteiger partial charge >= 0.3 is 0 Å². The molecule has 1 aromatic carbocycles. The standard InChI is InChI=1S/C12H15FN2O3S/c13-9-4-6-10(7-5-9)19(17,18)15-8-2-1-3-11(15)12(14)16/h4-7,11H,1-3,8H2,(H2,14,16). The summed E-state index contributed by atoms with van der Waals surface area (Å²) in [5.74, 6) is -1.16. The molecule has 0 saturated carbocycles. The van der Waals surface area contributed by atoms with E-state index >= 15 is 0 Å². The highest BCUT2D eigenvalue weighted by molar-refractivity contribution is 7.89. The normalized spacial score (nSPS) is 21.2. The monoisotopic (exact) mass is 286 g/mol. The number of hydrogen-bond donors (Lipinski definition) is 1. The van der Waals surface area contributed by atoms with Crippen LogP contribution in [0.5, 0.6) is 0 Å². The van der Waals surface area contributed by atoms with Gasteiger partial charge in [0.1, 0.15) is 11.9 Å². The predicted octanol–water partition coefficient (Wildman–Crippen LogP) is 0.854. The Kier molecular flexibility index (Phi) is 3.86. The van der Waals surface area contributed by atoms with Crippen LogP contribution in [0.3, 0.4) is 0 Å². The molecule has 1 unspecified atom stereocenters. The van der Waals surface area contributed by atoms with Gasteiger partial charge in [0, 0.05) is 6.54 Å². The molecule has 7 heteroatoms. The van der Waals surface area contributed by atoms with Gasteiger partial charge in [-0.2, -0.15) is 4.31 Å². The number of benzene rings is 1. The summed E-state index contributed by atoms with van der Waals surface area (Å²) in [6.07, 6.45) is 1.88. The highest BCUT2D eigenvalue weighted by atomic mass is 32.2. The molecule has 1 aliphatic rings. The predicted molar refractivity (Wildman–Crippen MR) is 67.1 cm³/mol. The largest absolute Gasteiger partial charge is 0.368 e. The lowest BCUT2D eigenvalue weighted by atomic mass is 10.0. The molecule has 1 saturated heterocycles. The minimum absolute atomic E-state index is 0.0259. The van der Waals surface area contributed by atoms with Crippen molar-refractivity contribution in [1.29, 1.82) is 0 Å². The lowest BCUT2D eigenvalue weighted by Crippen LogP contribution is -2.50. The van der Waals surface area contributed by atoms with E-state index in [1.807, 2.05) is 0 Å². The second-order valence-electron chi connectivity index (χ2n) is 4.48. The Hall–Kier alpha value is -1.47. The van der Waals surface area contributed by atoms with E-state index in [2.05, 4.69) is 0 Å². The van der Waals surface area contributed by atoms with Crippen LogP contribution in [0.1, 0.15) is 19.3 Å². The molecule has 5 nitrogen and oxygen atoms in total. The van der Waals surface area contributed by atoms with Crippen LogP contribution in [0.2, 0.25) is 0 Å². The Labute approximate surface area is 111 Å². The maximum absolute atomic E-state index is 12.8. The molecule has 104 valence electrons. The molecular weight excluding hydrogens is 271 g/mol. The summed E-state index contributed by atoms with van der Waals surface area (Å²) >= 11 is 0. The highest BCUT2D eigenvalue weighted by Gasteiger charge is 2.36. The Balaban J connectivity index is 2.37. The van der Waals surface area contributed by atoms with Gasteiger partial charge in [0.2, 0.25) is 15.9 Å². The van der Waals surface area contributed by atoms with Crippen LogP contribution in [-0.2, 0) is 14.8 Å². The molecule has 19 heavy (non-hydrogen) atoms. The average molecular weight is 286 g/mol. The van der Waals surface area contributed by atoms with E-state index in [0.29, 0.717) is 12.8 Å². The molecule has 1 fully saturated rings. The van der Waals surface area contributed by atoms with Gasteiger partial charge in [-0.15, -0.1) is 0 Å². The molecule has 1 aliphatic heterocycles. The fourth-order valence-corrected chi connectivity index (χ4v) is 3.88. The number of nitrogens with two attached hydrogens (primary N) is 1. The van der Waals surface area contributed by atoms with Crippen molar-refractivity contribution in [3.8, 4) is 0 Å². The van der Waals surface area contributed by atoms with Crippen molar-refractivity contribution >= 4 is 15.9 Å². The van der Waals surface area contributed by atoms with E-state index in [1.54, 1.807) is 0 Å². The van der Waals surface area contributed by atoms with Crippen LogP contribution < -0.4 is 5.73 Å². The smallest absolute Gasteiger partial charge is 0.243 e. The summed E-state index contributed by atoms with van der Waals surface area (Å²) in [6, 6.07) is 3.73. The van der Waals surface area contributed by atoms with Crippen molar-refractivity contribution in [2.75, 3.05) is 6.54 Å². The SMILES string of the molecule is NC(=O)C1CCCCN1S(=O)(=O)c1ccc(F)cc1. The van der Waals surface area contributed by atoms with Crippen molar-refractivity contribution < 1.29 is 17.6 Å². The van der Waals surface area contributed by atoms with Crippen LogP contribution in [-0.4, -0.2) is 31.2 Å². The molecule has 1 aromatic rings. The van der Waals surface area contributed by atoms with Gasteiger partial charge < -0.3 is 5.73 Å². The van der Waals surface area contributed by atoms with Crippen LogP contribution in [0.4, 0.5) is 4.39 Å². The average Bonchev–Trinajstić information content (AvgIpc) is 2.39. The van der Waals surface area contributed by atoms with E-state index < -0.39 is 27.8 Å². The minimum Gasteiger partial charge on any atom is -0.368 e. The second kappa shape index (κ2) is 5.26. The van der Waals surface area contributed by atoms with E-state index in [9.17, 15) is 17.6 Å². The second-order valence-corrected chi connectivity index (χ2v) is 6.37. The van der Waals surface area contributed by atoms with Gasteiger partial charge in [-0.05, 0) is 37.1 Å². The van der Waals surface area contributed by atoms with E-state index in [1.165, 1.54) is 12.1 Å². The first-order valence-electron chi connectivity index (χ1n) is 5.99. The lowest BCUT2D eigenvalue weighted by Gasteiger charge is -2.32. The number of halogens is 1. The van der Waals surface area contributed by atoms with Crippen LogP contribution >= 0.6 is 0 Å². The zero-order valence-electron chi connectivity index (χ0n) is 10.3. The van der Waals surface area contributed by atoms with Crippen molar-refractivity contribution in [3.63, 3.8) is 0 Å². The first kappa shape index (κ1) is 14.0. The Morgan fingerprint density at radius 3 is 2.47 bits per heavy atom. The number of rotatable bonds is 3. The fraction of sp³-hybridized carbons (Fsp3) is 0.417. The zero-order chi connectivity index (χ0) is 14.0. The summed E-state index contributed by atoms with van der Waals surface area (Å²) in [6.45, 7) is 0.257. The number of nitrogens with zero attached hydrogens (tertiary/aromatic N) is 1. The molecular formula is C12H15FN2O3S. The Morgan fingerprint density at radius 1 is 1.26 bits per heavy atom. The molecule has 2 rings (SSSR count). The number of piperidine rings is 1. The topological polar surface area (TPSA) is 80.5 Å². The number of primary amides is 1. The molecule has 0 radical (unpaired) electrons. The Bertz CT molecular complexity index is 571. The van der Waals surface area contributed by atoms with Gasteiger partial charge in [-0.1, -0.05) is 6.42 Å². The van der Waals surface area contributed by atoms with Gasteiger partial charge in [-0.3, -0.25) is 4.79 Å². The van der Waals surface area contributed by atoms with Crippen molar-refractivity contribution in [3.05, 3.63) is 30.1 Å². The van der Waals surface area contributed by atoms with Crippen LogP contribution in [0, 0.1) is 5.82 Å².